The maximum absolute atomic E-state index is 11.7. The lowest BCUT2D eigenvalue weighted by Crippen LogP contribution is -2.30. The fourth-order valence-electron chi connectivity index (χ4n) is 1.97. The molecule has 0 spiro atoms. The van der Waals surface area contributed by atoms with Gasteiger partial charge in [-0.2, -0.15) is 0 Å². The molecule has 0 radical (unpaired) electrons. The van der Waals surface area contributed by atoms with E-state index in [0.29, 0.717) is 11.7 Å². The Morgan fingerprint density at radius 1 is 1.50 bits per heavy atom. The van der Waals surface area contributed by atoms with Crippen LogP contribution < -0.4 is 10.6 Å². The first kappa shape index (κ1) is 14.9. The standard InChI is InChI=1S/C11H19N5O.ClH/c1-8(2)13-11(17)10-7-16(15-14-10)9-3-5-12-6-4-9;/h7-9,12H,3-6H2,1-2H3,(H,13,17);1H. The zero-order valence-electron chi connectivity index (χ0n) is 10.7. The highest BCUT2D eigenvalue weighted by atomic mass is 35.5. The molecular formula is C11H20ClN5O. The van der Waals surface area contributed by atoms with Crippen LogP contribution in [-0.2, 0) is 0 Å². The normalized spacial score (nSPS) is 16.4. The van der Waals surface area contributed by atoms with Crippen molar-refractivity contribution in [3.63, 3.8) is 0 Å². The number of hydrogen-bond donors (Lipinski definition) is 2. The smallest absolute Gasteiger partial charge is 0.273 e. The fraction of sp³-hybridized carbons (Fsp3) is 0.727. The molecule has 2 heterocycles. The summed E-state index contributed by atoms with van der Waals surface area (Å²) in [5.74, 6) is -0.153. The Labute approximate surface area is 113 Å². The zero-order valence-corrected chi connectivity index (χ0v) is 11.5. The van der Waals surface area contributed by atoms with Gasteiger partial charge < -0.3 is 10.6 Å². The van der Waals surface area contributed by atoms with Crippen LogP contribution >= 0.6 is 12.4 Å². The lowest BCUT2D eigenvalue weighted by molar-refractivity contribution is 0.0938. The molecule has 1 aromatic heterocycles. The van der Waals surface area contributed by atoms with E-state index in [2.05, 4.69) is 20.9 Å². The van der Waals surface area contributed by atoms with Gasteiger partial charge in [0.15, 0.2) is 5.69 Å². The quantitative estimate of drug-likeness (QED) is 0.853. The van der Waals surface area contributed by atoms with Crippen LogP contribution in [0.3, 0.4) is 0 Å². The molecule has 2 N–H and O–H groups in total. The number of carbonyl (C=O) groups excluding carboxylic acids is 1. The van der Waals surface area contributed by atoms with Gasteiger partial charge in [-0.15, -0.1) is 17.5 Å². The predicted molar refractivity (Wildman–Crippen MR) is 71.0 cm³/mol. The van der Waals surface area contributed by atoms with Crippen LogP contribution in [0.25, 0.3) is 0 Å². The highest BCUT2D eigenvalue weighted by molar-refractivity contribution is 5.91. The monoisotopic (exact) mass is 273 g/mol. The predicted octanol–water partition coefficient (Wildman–Crippen LogP) is 0.763. The molecule has 102 valence electrons. The molecule has 7 heteroatoms. The van der Waals surface area contributed by atoms with Gasteiger partial charge in [-0.3, -0.25) is 4.79 Å². The van der Waals surface area contributed by atoms with Crippen molar-refractivity contribution in [3.05, 3.63) is 11.9 Å². The van der Waals surface area contributed by atoms with Gasteiger partial charge in [0.1, 0.15) is 0 Å². The van der Waals surface area contributed by atoms with Crippen molar-refractivity contribution < 1.29 is 4.79 Å². The Hall–Kier alpha value is -1.14. The average Bonchev–Trinajstić information content (AvgIpc) is 2.78. The second-order valence-corrected chi connectivity index (χ2v) is 4.69. The van der Waals surface area contributed by atoms with Gasteiger partial charge in [0.25, 0.3) is 5.91 Å². The molecule has 0 bridgehead atoms. The number of aromatic nitrogens is 3. The second-order valence-electron chi connectivity index (χ2n) is 4.69. The highest BCUT2D eigenvalue weighted by Gasteiger charge is 2.18. The Morgan fingerprint density at radius 2 is 2.17 bits per heavy atom. The largest absolute Gasteiger partial charge is 0.348 e. The van der Waals surface area contributed by atoms with Crippen LogP contribution in [0.2, 0.25) is 0 Å². The van der Waals surface area contributed by atoms with Gasteiger partial charge in [-0.05, 0) is 39.8 Å². The molecule has 1 aromatic rings. The molecule has 1 aliphatic heterocycles. The molecule has 2 rings (SSSR count). The van der Waals surface area contributed by atoms with Gasteiger partial charge in [0.05, 0.1) is 12.2 Å². The number of nitrogens with one attached hydrogen (secondary N) is 2. The van der Waals surface area contributed by atoms with E-state index in [9.17, 15) is 4.79 Å². The third-order valence-electron chi connectivity index (χ3n) is 2.85. The maximum atomic E-state index is 11.7. The first-order valence-electron chi connectivity index (χ1n) is 6.10. The van der Waals surface area contributed by atoms with Gasteiger partial charge in [0.2, 0.25) is 0 Å². The Bertz CT molecular complexity index is 387. The topological polar surface area (TPSA) is 71.8 Å². The fourth-order valence-corrected chi connectivity index (χ4v) is 1.97. The Morgan fingerprint density at radius 3 is 2.78 bits per heavy atom. The summed E-state index contributed by atoms with van der Waals surface area (Å²) in [4.78, 5) is 11.7. The van der Waals surface area contributed by atoms with Gasteiger partial charge in [-0.1, -0.05) is 5.21 Å². The van der Waals surface area contributed by atoms with E-state index in [1.54, 1.807) is 6.20 Å². The van der Waals surface area contributed by atoms with E-state index in [4.69, 9.17) is 0 Å². The van der Waals surface area contributed by atoms with Crippen molar-refractivity contribution in [2.24, 2.45) is 0 Å². The molecule has 1 fully saturated rings. The van der Waals surface area contributed by atoms with E-state index in [1.807, 2.05) is 18.5 Å². The van der Waals surface area contributed by atoms with Crippen molar-refractivity contribution in [1.29, 1.82) is 0 Å². The van der Waals surface area contributed by atoms with E-state index >= 15 is 0 Å². The van der Waals surface area contributed by atoms with Crippen LogP contribution in [0.4, 0.5) is 0 Å². The molecule has 18 heavy (non-hydrogen) atoms. The summed E-state index contributed by atoms with van der Waals surface area (Å²) >= 11 is 0. The molecule has 1 amide bonds. The number of piperidine rings is 1. The number of nitrogens with zero attached hydrogens (tertiary/aromatic N) is 3. The first-order chi connectivity index (χ1) is 8.16. The Balaban J connectivity index is 0.00000162. The molecule has 0 aliphatic carbocycles. The number of rotatable bonds is 3. The summed E-state index contributed by atoms with van der Waals surface area (Å²) in [7, 11) is 0. The van der Waals surface area contributed by atoms with Gasteiger partial charge in [-0.25, -0.2) is 4.68 Å². The number of hydrogen-bond acceptors (Lipinski definition) is 4. The van der Waals surface area contributed by atoms with Gasteiger partial charge >= 0.3 is 0 Å². The molecule has 0 atom stereocenters. The number of halogens is 1. The van der Waals surface area contributed by atoms with Crippen LogP contribution in [0.1, 0.15) is 43.2 Å². The summed E-state index contributed by atoms with van der Waals surface area (Å²) in [5, 5.41) is 14.1. The average molecular weight is 274 g/mol. The van der Waals surface area contributed by atoms with Crippen LogP contribution in [0, 0.1) is 0 Å². The van der Waals surface area contributed by atoms with Crippen LogP contribution in [0.5, 0.6) is 0 Å². The lowest BCUT2D eigenvalue weighted by Gasteiger charge is -2.22. The summed E-state index contributed by atoms with van der Waals surface area (Å²) in [6, 6.07) is 0.482. The molecule has 0 saturated carbocycles. The minimum absolute atomic E-state index is 0. The minimum Gasteiger partial charge on any atom is -0.348 e. The molecule has 1 aliphatic rings. The summed E-state index contributed by atoms with van der Waals surface area (Å²) in [6.45, 7) is 5.85. The molecule has 6 nitrogen and oxygen atoms in total. The molecule has 0 unspecified atom stereocenters. The van der Waals surface area contributed by atoms with Crippen molar-refractivity contribution in [1.82, 2.24) is 25.6 Å². The third kappa shape index (κ3) is 3.68. The number of amides is 1. The second kappa shape index (κ2) is 6.70. The van der Waals surface area contributed by atoms with E-state index in [1.165, 1.54) is 0 Å². The van der Waals surface area contributed by atoms with E-state index in [0.717, 1.165) is 25.9 Å². The Kier molecular flexibility index (Phi) is 5.55. The molecule has 1 saturated heterocycles. The van der Waals surface area contributed by atoms with Crippen molar-refractivity contribution in [2.45, 2.75) is 38.8 Å². The van der Waals surface area contributed by atoms with Gasteiger partial charge in [0, 0.05) is 6.04 Å². The highest BCUT2D eigenvalue weighted by Crippen LogP contribution is 2.16. The van der Waals surface area contributed by atoms with Crippen LogP contribution in [-0.4, -0.2) is 40.0 Å². The zero-order chi connectivity index (χ0) is 12.3. The lowest BCUT2D eigenvalue weighted by atomic mass is 10.1. The number of carbonyl (C=O) groups is 1. The first-order valence-corrected chi connectivity index (χ1v) is 6.10. The third-order valence-corrected chi connectivity index (χ3v) is 2.85. The summed E-state index contributed by atoms with van der Waals surface area (Å²) < 4.78 is 1.82. The maximum Gasteiger partial charge on any atom is 0.273 e. The minimum atomic E-state index is -0.153. The summed E-state index contributed by atoms with van der Waals surface area (Å²) in [6.07, 6.45) is 3.82. The van der Waals surface area contributed by atoms with Crippen molar-refractivity contribution in [2.75, 3.05) is 13.1 Å². The molecular weight excluding hydrogens is 254 g/mol. The summed E-state index contributed by atoms with van der Waals surface area (Å²) in [5.41, 5.74) is 0.400. The van der Waals surface area contributed by atoms with Crippen LogP contribution in [0.15, 0.2) is 6.20 Å². The SMILES string of the molecule is CC(C)NC(=O)c1cn(C2CCNCC2)nn1.Cl. The van der Waals surface area contributed by atoms with Crippen molar-refractivity contribution >= 4 is 18.3 Å². The van der Waals surface area contributed by atoms with E-state index < -0.39 is 0 Å². The van der Waals surface area contributed by atoms with Crippen molar-refractivity contribution in [3.8, 4) is 0 Å². The molecule has 0 aromatic carbocycles. The van der Waals surface area contributed by atoms with E-state index in [-0.39, 0.29) is 24.4 Å².